The predicted octanol–water partition coefficient (Wildman–Crippen LogP) is 3.92. The highest BCUT2D eigenvalue weighted by Gasteiger charge is 2.40. The fourth-order valence-electron chi connectivity index (χ4n) is 4.28. The van der Waals surface area contributed by atoms with Crippen LogP contribution in [0.1, 0.15) is 53.7 Å². The van der Waals surface area contributed by atoms with Gasteiger partial charge < -0.3 is 10.0 Å². The normalized spacial score (nSPS) is 23.7. The van der Waals surface area contributed by atoms with Gasteiger partial charge in [-0.15, -0.1) is 0 Å². The summed E-state index contributed by atoms with van der Waals surface area (Å²) in [6.07, 6.45) is 3.42. The average Bonchev–Trinajstić information content (AvgIpc) is 2.87. The van der Waals surface area contributed by atoms with E-state index in [4.69, 9.17) is 0 Å². The van der Waals surface area contributed by atoms with Crippen molar-refractivity contribution in [3.63, 3.8) is 0 Å². The molecule has 1 N–H and O–H groups in total. The van der Waals surface area contributed by atoms with Gasteiger partial charge in [-0.2, -0.15) is 0 Å². The summed E-state index contributed by atoms with van der Waals surface area (Å²) in [4.78, 5) is 17.5. The first-order chi connectivity index (χ1) is 12.1. The first-order valence-electron chi connectivity index (χ1n) is 9.08. The summed E-state index contributed by atoms with van der Waals surface area (Å²) in [5.41, 5.74) is 3.07. The number of nitrogens with zero attached hydrogens (tertiary/aromatic N) is 2. The lowest BCUT2D eigenvalue weighted by Crippen LogP contribution is -2.51. The second-order valence-corrected chi connectivity index (χ2v) is 7.09. The molecule has 4 nitrogen and oxygen atoms in total. The Bertz CT molecular complexity index is 789. The minimum Gasteiger partial charge on any atom is -0.508 e. The Hall–Kier alpha value is -2.33. The van der Waals surface area contributed by atoms with Crippen LogP contribution in [0.15, 0.2) is 48.5 Å². The van der Waals surface area contributed by atoms with Gasteiger partial charge in [0.15, 0.2) is 0 Å². The molecule has 0 aromatic heterocycles. The van der Waals surface area contributed by atoms with Gasteiger partial charge in [0.2, 0.25) is 0 Å². The van der Waals surface area contributed by atoms with Crippen LogP contribution >= 0.6 is 0 Å². The number of benzene rings is 2. The van der Waals surface area contributed by atoms with E-state index in [2.05, 4.69) is 22.8 Å². The summed E-state index contributed by atoms with van der Waals surface area (Å²) >= 11 is 0. The van der Waals surface area contributed by atoms with Crippen molar-refractivity contribution in [2.45, 2.75) is 44.9 Å². The van der Waals surface area contributed by atoms with Crippen LogP contribution in [0.2, 0.25) is 0 Å². The molecular weight excluding hydrogens is 312 g/mol. The highest BCUT2D eigenvalue weighted by Crippen LogP contribution is 2.38. The molecule has 0 aliphatic carbocycles. The van der Waals surface area contributed by atoms with E-state index >= 15 is 0 Å². The van der Waals surface area contributed by atoms with Gasteiger partial charge in [-0.3, -0.25) is 9.69 Å². The van der Waals surface area contributed by atoms with Gasteiger partial charge in [-0.25, -0.2) is 0 Å². The lowest BCUT2D eigenvalue weighted by atomic mass is 10.0. The van der Waals surface area contributed by atoms with Gasteiger partial charge in [-0.05, 0) is 55.5 Å². The van der Waals surface area contributed by atoms with E-state index in [1.807, 2.05) is 36.4 Å². The number of likely N-dealkylation sites (tertiary alicyclic amines) is 1. The molecule has 2 unspecified atom stereocenters. The lowest BCUT2D eigenvalue weighted by molar-refractivity contribution is -0.000279. The number of hydrogen-bond acceptors (Lipinski definition) is 3. The van der Waals surface area contributed by atoms with Crippen LogP contribution in [0.5, 0.6) is 5.75 Å². The Balaban J connectivity index is 1.60. The lowest BCUT2D eigenvalue weighted by Gasteiger charge is -2.43. The third-order valence-electron chi connectivity index (χ3n) is 5.49. The Labute approximate surface area is 148 Å². The second-order valence-electron chi connectivity index (χ2n) is 7.09. The second kappa shape index (κ2) is 6.52. The van der Waals surface area contributed by atoms with E-state index in [1.54, 1.807) is 6.07 Å². The number of phenols is 1. The Morgan fingerprint density at radius 2 is 1.96 bits per heavy atom. The van der Waals surface area contributed by atoms with Crippen LogP contribution in [-0.2, 0) is 6.54 Å². The molecule has 1 fully saturated rings. The maximum absolute atomic E-state index is 13.0. The SMILES string of the molecule is CC1c2ccccc2C(=O)N1C1CCCCN1Cc1cccc(O)c1. The molecular formula is C21H24N2O2. The Kier molecular flexibility index (Phi) is 4.22. The standard InChI is InChI=1S/C21H24N2O2/c1-15-18-9-2-3-10-19(18)21(25)23(15)20-11-4-5-12-22(20)14-16-7-6-8-17(24)13-16/h2-3,6-10,13,15,20,24H,4-5,11-12,14H2,1H3. The zero-order chi connectivity index (χ0) is 17.4. The molecule has 2 atom stereocenters. The number of fused-ring (bicyclic) bond motifs is 1. The summed E-state index contributed by atoms with van der Waals surface area (Å²) < 4.78 is 0. The number of phenolic OH excluding ortho intramolecular Hbond substituents is 1. The van der Waals surface area contributed by atoms with Crippen LogP contribution in [0.3, 0.4) is 0 Å². The summed E-state index contributed by atoms with van der Waals surface area (Å²) in [5.74, 6) is 0.444. The monoisotopic (exact) mass is 336 g/mol. The molecule has 1 amide bonds. The van der Waals surface area contributed by atoms with Gasteiger partial charge in [0.1, 0.15) is 5.75 Å². The van der Waals surface area contributed by atoms with Crippen molar-refractivity contribution in [2.75, 3.05) is 6.54 Å². The van der Waals surface area contributed by atoms with E-state index in [1.165, 1.54) is 0 Å². The largest absolute Gasteiger partial charge is 0.508 e. The van der Waals surface area contributed by atoms with Crippen molar-refractivity contribution >= 4 is 5.91 Å². The minimum absolute atomic E-state index is 0.110. The number of hydrogen-bond donors (Lipinski definition) is 1. The molecule has 4 rings (SSSR count). The smallest absolute Gasteiger partial charge is 0.255 e. The molecule has 2 aromatic carbocycles. The topological polar surface area (TPSA) is 43.8 Å². The van der Waals surface area contributed by atoms with Gasteiger partial charge >= 0.3 is 0 Å². The molecule has 0 radical (unpaired) electrons. The quantitative estimate of drug-likeness (QED) is 0.924. The third-order valence-corrected chi connectivity index (χ3v) is 5.49. The zero-order valence-electron chi connectivity index (χ0n) is 14.6. The molecule has 2 aromatic rings. The van der Waals surface area contributed by atoms with Gasteiger partial charge in [-0.1, -0.05) is 30.3 Å². The highest BCUT2D eigenvalue weighted by atomic mass is 16.3. The number of piperidine rings is 1. The summed E-state index contributed by atoms with van der Waals surface area (Å²) in [6, 6.07) is 15.5. The van der Waals surface area contributed by atoms with Crippen LogP contribution in [0.4, 0.5) is 0 Å². The summed E-state index contributed by atoms with van der Waals surface area (Å²) in [5, 5.41) is 9.74. The highest BCUT2D eigenvalue weighted by molar-refractivity contribution is 5.99. The van der Waals surface area contributed by atoms with Gasteiger partial charge in [0, 0.05) is 18.7 Å². The van der Waals surface area contributed by atoms with Crippen LogP contribution < -0.4 is 0 Å². The van der Waals surface area contributed by atoms with Crippen molar-refractivity contribution in [2.24, 2.45) is 0 Å². The molecule has 0 bridgehead atoms. The average molecular weight is 336 g/mol. The fraction of sp³-hybridized carbons (Fsp3) is 0.381. The fourth-order valence-corrected chi connectivity index (χ4v) is 4.28. The van der Waals surface area contributed by atoms with E-state index in [0.717, 1.165) is 49.0 Å². The van der Waals surface area contributed by atoms with Crippen molar-refractivity contribution in [1.29, 1.82) is 0 Å². The molecule has 2 aliphatic rings. The van der Waals surface area contributed by atoms with Crippen molar-refractivity contribution in [3.8, 4) is 5.75 Å². The number of carbonyl (C=O) groups excluding carboxylic acids is 1. The predicted molar refractivity (Wildman–Crippen MR) is 97.2 cm³/mol. The Morgan fingerprint density at radius 1 is 1.12 bits per heavy atom. The molecule has 25 heavy (non-hydrogen) atoms. The molecule has 4 heteroatoms. The number of amides is 1. The summed E-state index contributed by atoms with van der Waals surface area (Å²) in [6.45, 7) is 3.87. The molecule has 2 aliphatic heterocycles. The summed E-state index contributed by atoms with van der Waals surface area (Å²) in [7, 11) is 0. The molecule has 130 valence electrons. The molecule has 1 saturated heterocycles. The number of carbonyl (C=O) groups is 1. The van der Waals surface area contributed by atoms with Crippen LogP contribution in [-0.4, -0.2) is 33.5 Å². The van der Waals surface area contributed by atoms with E-state index in [-0.39, 0.29) is 18.1 Å². The number of rotatable bonds is 3. The molecule has 0 spiro atoms. The Morgan fingerprint density at radius 3 is 2.76 bits per heavy atom. The van der Waals surface area contributed by atoms with E-state index in [9.17, 15) is 9.90 Å². The molecule has 0 saturated carbocycles. The zero-order valence-corrected chi connectivity index (χ0v) is 14.6. The first kappa shape index (κ1) is 16.2. The maximum atomic E-state index is 13.0. The van der Waals surface area contributed by atoms with E-state index < -0.39 is 0 Å². The van der Waals surface area contributed by atoms with Crippen LogP contribution in [0, 0.1) is 0 Å². The third kappa shape index (κ3) is 2.91. The minimum atomic E-state index is 0.110. The van der Waals surface area contributed by atoms with Crippen molar-refractivity contribution < 1.29 is 9.90 Å². The number of aromatic hydroxyl groups is 1. The first-order valence-corrected chi connectivity index (χ1v) is 9.08. The maximum Gasteiger partial charge on any atom is 0.255 e. The molecule has 2 heterocycles. The van der Waals surface area contributed by atoms with Gasteiger partial charge in [0.25, 0.3) is 5.91 Å². The van der Waals surface area contributed by atoms with E-state index in [0.29, 0.717) is 5.75 Å². The van der Waals surface area contributed by atoms with Crippen LogP contribution in [0.25, 0.3) is 0 Å². The van der Waals surface area contributed by atoms with Gasteiger partial charge in [0.05, 0.1) is 12.2 Å². The van der Waals surface area contributed by atoms with Crippen molar-refractivity contribution in [1.82, 2.24) is 9.80 Å². The van der Waals surface area contributed by atoms with Crippen molar-refractivity contribution in [3.05, 3.63) is 65.2 Å².